The van der Waals surface area contributed by atoms with E-state index in [1.807, 2.05) is 13.0 Å². The van der Waals surface area contributed by atoms with Crippen molar-refractivity contribution in [2.24, 2.45) is 0 Å². The normalized spacial score (nSPS) is 19.4. The van der Waals surface area contributed by atoms with Crippen LogP contribution in [-0.4, -0.2) is 34.6 Å². The topological polar surface area (TPSA) is 50.2 Å². The van der Waals surface area contributed by atoms with Crippen LogP contribution in [0.3, 0.4) is 0 Å². The molecule has 0 aliphatic carbocycles. The zero-order valence-corrected chi connectivity index (χ0v) is 13.2. The maximum atomic E-state index is 13.4. The van der Waals surface area contributed by atoms with E-state index >= 15 is 0 Å². The highest BCUT2D eigenvalue weighted by Crippen LogP contribution is 2.21. The molecule has 2 atom stereocenters. The Kier molecular flexibility index (Phi) is 4.60. The van der Waals surface area contributed by atoms with Crippen LogP contribution in [0.25, 0.3) is 0 Å². The fourth-order valence-corrected chi connectivity index (χ4v) is 2.96. The number of nitrogens with zero attached hydrogens (tertiary/aromatic N) is 3. The van der Waals surface area contributed by atoms with Gasteiger partial charge >= 0.3 is 0 Å². The maximum Gasteiger partial charge on any atom is 0.243 e. The van der Waals surface area contributed by atoms with Gasteiger partial charge < -0.3 is 14.8 Å². The standard InChI is InChI=1S/C17H21FN4O/c1-13(22-9-7-19-12-22)17(23)20-15-5-3-8-21(11-15)16-6-2-4-14(18)10-16/h2,4,6-7,9-10,12-13,15H,3,5,8,11H2,1H3,(H,20,23)/t13-,15-/m0/s1. The highest BCUT2D eigenvalue weighted by atomic mass is 19.1. The third-order valence-corrected chi connectivity index (χ3v) is 4.29. The number of carbonyl (C=O) groups excluding carboxylic acids is 1. The van der Waals surface area contributed by atoms with E-state index in [9.17, 15) is 9.18 Å². The molecule has 2 heterocycles. The molecule has 1 N–H and O–H groups in total. The van der Waals surface area contributed by atoms with E-state index in [0.29, 0.717) is 6.54 Å². The van der Waals surface area contributed by atoms with Gasteiger partial charge in [0.1, 0.15) is 11.9 Å². The van der Waals surface area contributed by atoms with Crippen molar-refractivity contribution in [3.05, 3.63) is 48.8 Å². The summed E-state index contributed by atoms with van der Waals surface area (Å²) in [7, 11) is 0. The van der Waals surface area contributed by atoms with Gasteiger partial charge in [-0.2, -0.15) is 0 Å². The summed E-state index contributed by atoms with van der Waals surface area (Å²) in [5.41, 5.74) is 0.867. The first-order chi connectivity index (χ1) is 11.1. The lowest BCUT2D eigenvalue weighted by atomic mass is 10.0. The molecule has 3 rings (SSSR count). The number of amides is 1. The number of carbonyl (C=O) groups is 1. The Morgan fingerprint density at radius 1 is 1.48 bits per heavy atom. The average molecular weight is 316 g/mol. The molecular weight excluding hydrogens is 295 g/mol. The molecule has 0 bridgehead atoms. The summed E-state index contributed by atoms with van der Waals surface area (Å²) in [6, 6.07) is 6.39. The molecule has 1 saturated heterocycles. The van der Waals surface area contributed by atoms with Crippen LogP contribution in [0.4, 0.5) is 10.1 Å². The molecular formula is C17H21FN4O. The van der Waals surface area contributed by atoms with E-state index in [4.69, 9.17) is 0 Å². The van der Waals surface area contributed by atoms with Gasteiger partial charge in [0.25, 0.3) is 0 Å². The van der Waals surface area contributed by atoms with Crippen LogP contribution >= 0.6 is 0 Å². The minimum Gasteiger partial charge on any atom is -0.369 e. The van der Waals surface area contributed by atoms with E-state index in [1.54, 1.807) is 29.4 Å². The fraction of sp³-hybridized carbons (Fsp3) is 0.412. The lowest BCUT2D eigenvalue weighted by molar-refractivity contribution is -0.124. The Morgan fingerprint density at radius 3 is 3.09 bits per heavy atom. The van der Waals surface area contributed by atoms with Crippen molar-refractivity contribution in [2.75, 3.05) is 18.0 Å². The molecule has 1 aromatic heterocycles. The number of benzene rings is 1. The molecule has 1 aliphatic rings. The molecule has 0 radical (unpaired) electrons. The van der Waals surface area contributed by atoms with Crippen LogP contribution in [0.1, 0.15) is 25.8 Å². The van der Waals surface area contributed by atoms with Crippen LogP contribution in [0, 0.1) is 5.82 Å². The van der Waals surface area contributed by atoms with E-state index in [1.165, 1.54) is 12.1 Å². The van der Waals surface area contributed by atoms with Crippen molar-refractivity contribution in [3.8, 4) is 0 Å². The number of piperidine rings is 1. The van der Waals surface area contributed by atoms with Gasteiger partial charge in [-0.1, -0.05) is 6.07 Å². The number of anilines is 1. The summed E-state index contributed by atoms with van der Waals surface area (Å²) in [6.45, 7) is 3.43. The second kappa shape index (κ2) is 6.81. The van der Waals surface area contributed by atoms with Crippen LogP contribution in [0.2, 0.25) is 0 Å². The van der Waals surface area contributed by atoms with Gasteiger partial charge in [-0.15, -0.1) is 0 Å². The third-order valence-electron chi connectivity index (χ3n) is 4.29. The average Bonchev–Trinajstić information content (AvgIpc) is 3.09. The number of halogens is 1. The van der Waals surface area contributed by atoms with Crippen LogP contribution in [0.5, 0.6) is 0 Å². The summed E-state index contributed by atoms with van der Waals surface area (Å²) in [5, 5.41) is 3.10. The lowest BCUT2D eigenvalue weighted by Gasteiger charge is -2.35. The molecule has 2 aromatic rings. The van der Waals surface area contributed by atoms with E-state index in [-0.39, 0.29) is 23.8 Å². The number of hydrogen-bond donors (Lipinski definition) is 1. The monoisotopic (exact) mass is 316 g/mol. The highest BCUT2D eigenvalue weighted by molar-refractivity contribution is 5.80. The van der Waals surface area contributed by atoms with Crippen molar-refractivity contribution in [1.29, 1.82) is 0 Å². The number of nitrogens with one attached hydrogen (secondary N) is 1. The molecule has 122 valence electrons. The van der Waals surface area contributed by atoms with Crippen molar-refractivity contribution in [1.82, 2.24) is 14.9 Å². The lowest BCUT2D eigenvalue weighted by Crippen LogP contribution is -2.49. The van der Waals surface area contributed by atoms with Gasteiger partial charge in [-0.05, 0) is 38.0 Å². The maximum absolute atomic E-state index is 13.4. The van der Waals surface area contributed by atoms with Gasteiger partial charge in [-0.25, -0.2) is 9.37 Å². The predicted octanol–water partition coefficient (Wildman–Crippen LogP) is 2.37. The Bertz CT molecular complexity index is 658. The molecule has 1 fully saturated rings. The first kappa shape index (κ1) is 15.5. The molecule has 1 aliphatic heterocycles. The van der Waals surface area contributed by atoms with Gasteiger partial charge in [0.15, 0.2) is 0 Å². The highest BCUT2D eigenvalue weighted by Gasteiger charge is 2.24. The SMILES string of the molecule is C[C@@H](C(=O)N[C@H]1CCCN(c2cccc(F)c2)C1)n1ccnc1. The summed E-state index contributed by atoms with van der Waals surface area (Å²) >= 11 is 0. The molecule has 5 nitrogen and oxygen atoms in total. The summed E-state index contributed by atoms with van der Waals surface area (Å²) in [4.78, 5) is 18.5. The van der Waals surface area contributed by atoms with Gasteiger partial charge in [-0.3, -0.25) is 4.79 Å². The zero-order chi connectivity index (χ0) is 16.2. The van der Waals surface area contributed by atoms with Crippen molar-refractivity contribution in [3.63, 3.8) is 0 Å². The first-order valence-corrected chi connectivity index (χ1v) is 7.92. The van der Waals surface area contributed by atoms with Crippen LogP contribution in [0.15, 0.2) is 43.0 Å². The van der Waals surface area contributed by atoms with Gasteiger partial charge in [0, 0.05) is 37.2 Å². The van der Waals surface area contributed by atoms with Crippen LogP contribution < -0.4 is 10.2 Å². The second-order valence-electron chi connectivity index (χ2n) is 5.96. The van der Waals surface area contributed by atoms with Gasteiger partial charge in [0.05, 0.1) is 6.33 Å². The second-order valence-corrected chi connectivity index (χ2v) is 5.96. The largest absolute Gasteiger partial charge is 0.369 e. The van der Waals surface area contributed by atoms with Crippen molar-refractivity contribution >= 4 is 11.6 Å². The summed E-state index contributed by atoms with van der Waals surface area (Å²) in [5.74, 6) is -0.253. The number of hydrogen-bond acceptors (Lipinski definition) is 3. The van der Waals surface area contributed by atoms with Gasteiger partial charge in [0.2, 0.25) is 5.91 Å². The summed E-state index contributed by atoms with van der Waals surface area (Å²) in [6.07, 6.45) is 7.00. The van der Waals surface area contributed by atoms with Crippen molar-refractivity contribution in [2.45, 2.75) is 31.8 Å². The minimum absolute atomic E-state index is 0.0194. The molecule has 1 aromatic carbocycles. The number of aromatic nitrogens is 2. The number of rotatable bonds is 4. The Balaban J connectivity index is 1.61. The molecule has 0 saturated carbocycles. The quantitative estimate of drug-likeness (QED) is 0.942. The Labute approximate surface area is 135 Å². The molecule has 0 unspecified atom stereocenters. The fourth-order valence-electron chi connectivity index (χ4n) is 2.96. The van der Waals surface area contributed by atoms with E-state index in [0.717, 1.165) is 25.1 Å². The molecule has 1 amide bonds. The smallest absolute Gasteiger partial charge is 0.243 e. The Hall–Kier alpha value is -2.37. The Morgan fingerprint density at radius 2 is 2.35 bits per heavy atom. The van der Waals surface area contributed by atoms with Crippen LogP contribution in [-0.2, 0) is 4.79 Å². The van der Waals surface area contributed by atoms with E-state index in [2.05, 4.69) is 15.2 Å². The summed E-state index contributed by atoms with van der Waals surface area (Å²) < 4.78 is 15.2. The molecule has 0 spiro atoms. The zero-order valence-electron chi connectivity index (χ0n) is 13.2. The predicted molar refractivity (Wildman–Crippen MR) is 86.7 cm³/mol. The molecule has 23 heavy (non-hydrogen) atoms. The molecule has 6 heteroatoms. The van der Waals surface area contributed by atoms with Crippen molar-refractivity contribution < 1.29 is 9.18 Å². The first-order valence-electron chi connectivity index (χ1n) is 7.92. The third kappa shape index (κ3) is 3.70. The number of imidazole rings is 1. The minimum atomic E-state index is -0.290. The van der Waals surface area contributed by atoms with E-state index < -0.39 is 0 Å².